The molecule has 38 heavy (non-hydrogen) atoms. The third kappa shape index (κ3) is 5.85. The minimum Gasteiger partial charge on any atom is -0.318 e. The predicted octanol–water partition coefficient (Wildman–Crippen LogP) is 7.24. The zero-order valence-electron chi connectivity index (χ0n) is 21.4. The molecule has 0 unspecified atom stereocenters. The summed E-state index contributed by atoms with van der Waals surface area (Å²) in [6.07, 6.45) is 1.68. The van der Waals surface area contributed by atoms with Crippen LogP contribution in [0.3, 0.4) is 0 Å². The fraction of sp³-hybridized carbons (Fsp3) is 0.194. The molecule has 0 radical (unpaired) electrons. The van der Waals surface area contributed by atoms with Crippen LogP contribution in [0.4, 0.5) is 0 Å². The first kappa shape index (κ1) is 26.2. The van der Waals surface area contributed by atoms with E-state index in [-0.39, 0.29) is 0 Å². The highest BCUT2D eigenvalue weighted by molar-refractivity contribution is 7.99. The standard InChI is InChI=1S/C31H31N3O2S2/c1-2-21-34-30(26-15-7-4-8-16-26)29(25-13-5-3-6-14-25)33-31(34)37-22-11-20-32-38(35,36)28-19-18-24-12-9-10-17-27(24)23-28/h3-10,12-19,23,32H,2,11,20-22H2,1H3. The third-order valence-electron chi connectivity index (χ3n) is 6.35. The van der Waals surface area contributed by atoms with Gasteiger partial charge in [-0.3, -0.25) is 0 Å². The summed E-state index contributed by atoms with van der Waals surface area (Å²) in [7, 11) is -3.57. The van der Waals surface area contributed by atoms with E-state index in [2.05, 4.69) is 52.6 Å². The molecule has 5 nitrogen and oxygen atoms in total. The monoisotopic (exact) mass is 541 g/mol. The van der Waals surface area contributed by atoms with Crippen LogP contribution in [0.25, 0.3) is 33.3 Å². The number of benzene rings is 4. The molecule has 194 valence electrons. The van der Waals surface area contributed by atoms with Crippen molar-refractivity contribution in [2.45, 2.75) is 36.4 Å². The van der Waals surface area contributed by atoms with Crippen molar-refractivity contribution in [1.29, 1.82) is 0 Å². The second-order valence-electron chi connectivity index (χ2n) is 9.08. The van der Waals surface area contributed by atoms with Gasteiger partial charge in [0.1, 0.15) is 0 Å². The first-order valence-electron chi connectivity index (χ1n) is 12.9. The highest BCUT2D eigenvalue weighted by Crippen LogP contribution is 2.36. The molecule has 1 aromatic heterocycles. The summed E-state index contributed by atoms with van der Waals surface area (Å²) >= 11 is 1.68. The molecular formula is C31H31N3O2S2. The summed E-state index contributed by atoms with van der Waals surface area (Å²) in [5, 5.41) is 2.90. The largest absolute Gasteiger partial charge is 0.318 e. The number of imidazole rings is 1. The van der Waals surface area contributed by atoms with Gasteiger partial charge in [0.25, 0.3) is 0 Å². The fourth-order valence-electron chi connectivity index (χ4n) is 4.52. The van der Waals surface area contributed by atoms with Gasteiger partial charge in [-0.25, -0.2) is 18.1 Å². The van der Waals surface area contributed by atoms with Crippen molar-refractivity contribution in [2.24, 2.45) is 0 Å². The van der Waals surface area contributed by atoms with Crippen LogP contribution in [-0.4, -0.2) is 30.3 Å². The summed E-state index contributed by atoms with van der Waals surface area (Å²) < 4.78 is 30.8. The van der Waals surface area contributed by atoms with E-state index in [0.29, 0.717) is 17.9 Å². The average molecular weight is 542 g/mol. The molecule has 1 N–H and O–H groups in total. The summed E-state index contributed by atoms with van der Waals surface area (Å²) in [5.74, 6) is 0.753. The van der Waals surface area contributed by atoms with E-state index in [1.807, 2.05) is 54.6 Å². The lowest BCUT2D eigenvalue weighted by Gasteiger charge is -2.12. The minimum atomic E-state index is -3.57. The van der Waals surface area contributed by atoms with Gasteiger partial charge in [-0.15, -0.1) is 0 Å². The molecule has 0 aliphatic rings. The number of nitrogens with one attached hydrogen (secondary N) is 1. The number of hydrogen-bond donors (Lipinski definition) is 1. The Kier molecular flexibility index (Phi) is 8.27. The number of thioether (sulfide) groups is 1. The summed E-state index contributed by atoms with van der Waals surface area (Å²) in [6.45, 7) is 3.40. The highest BCUT2D eigenvalue weighted by atomic mass is 32.2. The first-order chi connectivity index (χ1) is 18.6. The van der Waals surface area contributed by atoms with E-state index in [0.717, 1.165) is 57.2 Å². The van der Waals surface area contributed by atoms with Gasteiger partial charge in [0, 0.05) is 30.0 Å². The number of fused-ring (bicyclic) bond motifs is 1. The Morgan fingerprint density at radius 1 is 0.816 bits per heavy atom. The van der Waals surface area contributed by atoms with Crippen LogP contribution < -0.4 is 4.72 Å². The van der Waals surface area contributed by atoms with E-state index in [4.69, 9.17) is 4.98 Å². The van der Waals surface area contributed by atoms with Crippen molar-refractivity contribution in [3.05, 3.63) is 103 Å². The van der Waals surface area contributed by atoms with Gasteiger partial charge in [0.15, 0.2) is 5.16 Å². The molecule has 0 saturated carbocycles. The Labute approximate surface area is 229 Å². The normalized spacial score (nSPS) is 11.7. The predicted molar refractivity (Wildman–Crippen MR) is 158 cm³/mol. The lowest BCUT2D eigenvalue weighted by molar-refractivity contribution is 0.581. The number of nitrogens with zero attached hydrogens (tertiary/aromatic N) is 2. The fourth-order valence-corrected chi connectivity index (χ4v) is 6.59. The van der Waals surface area contributed by atoms with Crippen molar-refractivity contribution in [3.63, 3.8) is 0 Å². The van der Waals surface area contributed by atoms with Crippen LogP contribution in [0.5, 0.6) is 0 Å². The lowest BCUT2D eigenvalue weighted by Crippen LogP contribution is -2.25. The number of sulfonamides is 1. The minimum absolute atomic E-state index is 0.294. The van der Waals surface area contributed by atoms with Crippen molar-refractivity contribution < 1.29 is 8.42 Å². The molecular weight excluding hydrogens is 510 g/mol. The zero-order valence-corrected chi connectivity index (χ0v) is 23.0. The molecule has 0 atom stereocenters. The van der Waals surface area contributed by atoms with E-state index in [1.165, 1.54) is 0 Å². The average Bonchev–Trinajstić information content (AvgIpc) is 3.31. The smallest absolute Gasteiger partial charge is 0.240 e. The first-order valence-corrected chi connectivity index (χ1v) is 15.4. The molecule has 0 aliphatic heterocycles. The van der Waals surface area contributed by atoms with Crippen LogP contribution >= 0.6 is 11.8 Å². The number of rotatable bonds is 11. The Hall–Kier alpha value is -3.39. The van der Waals surface area contributed by atoms with Gasteiger partial charge >= 0.3 is 0 Å². The van der Waals surface area contributed by atoms with E-state index >= 15 is 0 Å². The second-order valence-corrected chi connectivity index (χ2v) is 11.9. The third-order valence-corrected chi connectivity index (χ3v) is 8.87. The summed E-state index contributed by atoms with van der Waals surface area (Å²) in [5.41, 5.74) is 4.33. The second kappa shape index (κ2) is 12.0. The molecule has 0 saturated heterocycles. The van der Waals surface area contributed by atoms with Gasteiger partial charge in [-0.1, -0.05) is 110 Å². The van der Waals surface area contributed by atoms with Crippen LogP contribution in [-0.2, 0) is 16.6 Å². The topological polar surface area (TPSA) is 64.0 Å². The van der Waals surface area contributed by atoms with Crippen LogP contribution in [0.1, 0.15) is 19.8 Å². The SMILES string of the molecule is CCCn1c(SCCCNS(=O)(=O)c2ccc3ccccc3c2)nc(-c2ccccc2)c1-c1ccccc1. The lowest BCUT2D eigenvalue weighted by atomic mass is 10.0. The number of aromatic nitrogens is 2. The highest BCUT2D eigenvalue weighted by Gasteiger charge is 2.20. The van der Waals surface area contributed by atoms with Gasteiger partial charge in [-0.05, 0) is 35.7 Å². The molecule has 0 spiro atoms. The maximum absolute atomic E-state index is 12.9. The van der Waals surface area contributed by atoms with Crippen LogP contribution in [0.2, 0.25) is 0 Å². The molecule has 1 heterocycles. The van der Waals surface area contributed by atoms with Gasteiger partial charge < -0.3 is 4.57 Å². The van der Waals surface area contributed by atoms with Crippen LogP contribution in [0, 0.1) is 0 Å². The molecule has 7 heteroatoms. The van der Waals surface area contributed by atoms with Crippen molar-refractivity contribution >= 4 is 32.6 Å². The molecule has 5 rings (SSSR count). The van der Waals surface area contributed by atoms with Crippen LogP contribution in [0.15, 0.2) is 113 Å². The molecule has 0 bridgehead atoms. The van der Waals surface area contributed by atoms with Gasteiger partial charge in [0.05, 0.1) is 16.3 Å². The Morgan fingerprint density at radius 3 is 2.18 bits per heavy atom. The van der Waals surface area contributed by atoms with Gasteiger partial charge in [0.2, 0.25) is 10.0 Å². The molecule has 0 amide bonds. The van der Waals surface area contributed by atoms with E-state index < -0.39 is 10.0 Å². The van der Waals surface area contributed by atoms with Crippen molar-refractivity contribution in [2.75, 3.05) is 12.3 Å². The maximum atomic E-state index is 12.9. The Bertz CT molecular complexity index is 1620. The molecule has 5 aromatic rings. The van der Waals surface area contributed by atoms with E-state index in [9.17, 15) is 8.42 Å². The maximum Gasteiger partial charge on any atom is 0.240 e. The van der Waals surface area contributed by atoms with E-state index in [1.54, 1.807) is 23.9 Å². The molecule has 0 fully saturated rings. The number of hydrogen-bond acceptors (Lipinski definition) is 4. The summed E-state index contributed by atoms with van der Waals surface area (Å²) in [6, 6.07) is 33.7. The Balaban J connectivity index is 1.30. The molecule has 4 aromatic carbocycles. The quantitative estimate of drug-likeness (QED) is 0.141. The summed E-state index contributed by atoms with van der Waals surface area (Å²) in [4.78, 5) is 5.38. The van der Waals surface area contributed by atoms with Crippen molar-refractivity contribution in [3.8, 4) is 22.5 Å². The van der Waals surface area contributed by atoms with Gasteiger partial charge in [-0.2, -0.15) is 0 Å². The van der Waals surface area contributed by atoms with Crippen molar-refractivity contribution in [1.82, 2.24) is 14.3 Å². The zero-order chi connectivity index (χ0) is 26.4. The Morgan fingerprint density at radius 2 is 1.47 bits per heavy atom. The molecule has 0 aliphatic carbocycles.